The Kier molecular flexibility index (Phi) is 8.31. The number of carbonyl (C=O) groups excluding carboxylic acids is 1. The standard InChI is InChI=1S/C28H30N6O5S/c1-16-12-17(2)24(18(3)13-16)40(38,39)34-23(27(36)37)15-30-26(35)20-10-8-19(9-11-20)14-31-28-32-22-7-5-4-6-21(22)25(29)33-28/h4-13,23,34H,14-15H2,1-3H3,(H,30,35)(H,36,37)(H3,29,31,32,33). The molecule has 0 saturated carbocycles. The van der Waals surface area contributed by atoms with Crippen LogP contribution in [0.2, 0.25) is 0 Å². The molecule has 1 aromatic heterocycles. The van der Waals surface area contributed by atoms with Crippen LogP contribution in [-0.2, 0) is 21.4 Å². The summed E-state index contributed by atoms with van der Waals surface area (Å²) in [4.78, 5) is 33.2. The Morgan fingerprint density at radius 3 is 2.27 bits per heavy atom. The predicted octanol–water partition coefficient (Wildman–Crippen LogP) is 2.91. The quantitative estimate of drug-likeness (QED) is 0.194. The van der Waals surface area contributed by atoms with Gasteiger partial charge in [0.2, 0.25) is 16.0 Å². The van der Waals surface area contributed by atoms with Gasteiger partial charge in [-0.2, -0.15) is 9.71 Å². The van der Waals surface area contributed by atoms with Gasteiger partial charge in [0.1, 0.15) is 11.9 Å². The normalized spacial score (nSPS) is 12.2. The molecule has 12 heteroatoms. The Morgan fingerprint density at radius 1 is 0.975 bits per heavy atom. The van der Waals surface area contributed by atoms with Gasteiger partial charge >= 0.3 is 5.97 Å². The first kappa shape index (κ1) is 28.5. The Labute approximate surface area is 231 Å². The predicted molar refractivity (Wildman–Crippen MR) is 152 cm³/mol. The van der Waals surface area contributed by atoms with Crippen molar-refractivity contribution >= 4 is 44.6 Å². The topological polar surface area (TPSA) is 176 Å². The molecule has 4 rings (SSSR count). The lowest BCUT2D eigenvalue weighted by Gasteiger charge is -2.18. The first-order valence-corrected chi connectivity index (χ1v) is 13.9. The molecule has 0 fully saturated rings. The van der Waals surface area contributed by atoms with Gasteiger partial charge in [-0.25, -0.2) is 13.4 Å². The zero-order valence-electron chi connectivity index (χ0n) is 22.2. The van der Waals surface area contributed by atoms with Crippen LogP contribution in [0, 0.1) is 20.8 Å². The summed E-state index contributed by atoms with van der Waals surface area (Å²) in [6, 6.07) is 15.9. The third-order valence-corrected chi connectivity index (χ3v) is 8.01. The van der Waals surface area contributed by atoms with E-state index in [0.29, 0.717) is 29.4 Å². The first-order valence-electron chi connectivity index (χ1n) is 12.4. The molecule has 4 aromatic rings. The highest BCUT2D eigenvalue weighted by Gasteiger charge is 2.28. The van der Waals surface area contributed by atoms with Gasteiger partial charge in [-0.05, 0) is 61.7 Å². The van der Waals surface area contributed by atoms with Crippen molar-refractivity contribution in [3.05, 3.63) is 88.5 Å². The second-order valence-corrected chi connectivity index (χ2v) is 11.1. The van der Waals surface area contributed by atoms with E-state index in [1.807, 2.05) is 31.2 Å². The van der Waals surface area contributed by atoms with Crippen molar-refractivity contribution in [2.75, 3.05) is 17.6 Å². The lowest BCUT2D eigenvalue weighted by molar-refractivity contribution is -0.138. The zero-order valence-corrected chi connectivity index (χ0v) is 23.0. The highest BCUT2D eigenvalue weighted by Crippen LogP contribution is 2.22. The fourth-order valence-electron chi connectivity index (χ4n) is 4.45. The van der Waals surface area contributed by atoms with Crippen molar-refractivity contribution in [3.8, 4) is 0 Å². The number of fused-ring (bicyclic) bond motifs is 1. The maximum Gasteiger partial charge on any atom is 0.323 e. The Balaban J connectivity index is 1.37. The Morgan fingerprint density at radius 2 is 1.62 bits per heavy atom. The van der Waals surface area contributed by atoms with Gasteiger partial charge in [0.15, 0.2) is 0 Å². The fourth-order valence-corrected chi connectivity index (χ4v) is 6.09. The summed E-state index contributed by atoms with van der Waals surface area (Å²) in [5.41, 5.74) is 9.76. The van der Waals surface area contributed by atoms with Crippen LogP contribution in [0.15, 0.2) is 65.6 Å². The van der Waals surface area contributed by atoms with Crippen molar-refractivity contribution in [3.63, 3.8) is 0 Å². The zero-order chi connectivity index (χ0) is 29.0. The lowest BCUT2D eigenvalue weighted by Crippen LogP contribution is -2.48. The molecule has 1 amide bonds. The van der Waals surface area contributed by atoms with Crippen LogP contribution in [0.5, 0.6) is 0 Å². The van der Waals surface area contributed by atoms with E-state index in [9.17, 15) is 23.1 Å². The van der Waals surface area contributed by atoms with Crippen LogP contribution in [0.4, 0.5) is 11.8 Å². The van der Waals surface area contributed by atoms with E-state index in [1.54, 1.807) is 50.2 Å². The number of para-hydroxylation sites is 1. The molecule has 0 spiro atoms. The van der Waals surface area contributed by atoms with Crippen molar-refractivity contribution < 1.29 is 23.1 Å². The summed E-state index contributed by atoms with van der Waals surface area (Å²) >= 11 is 0. The maximum atomic E-state index is 13.0. The van der Waals surface area contributed by atoms with E-state index < -0.39 is 34.5 Å². The van der Waals surface area contributed by atoms with Crippen LogP contribution in [0.3, 0.4) is 0 Å². The number of aryl methyl sites for hydroxylation is 3. The fraction of sp³-hybridized carbons (Fsp3) is 0.214. The van der Waals surface area contributed by atoms with E-state index in [1.165, 1.54) is 0 Å². The molecule has 1 atom stereocenters. The third kappa shape index (κ3) is 6.53. The molecule has 0 bridgehead atoms. The molecule has 40 heavy (non-hydrogen) atoms. The molecule has 208 valence electrons. The summed E-state index contributed by atoms with van der Waals surface area (Å²) in [6.07, 6.45) is 0. The number of carboxylic acids is 1. The molecule has 0 aliphatic carbocycles. The number of rotatable bonds is 10. The molecular formula is C28H30N6O5S. The summed E-state index contributed by atoms with van der Waals surface area (Å²) < 4.78 is 28.2. The van der Waals surface area contributed by atoms with Crippen LogP contribution >= 0.6 is 0 Å². The molecule has 11 nitrogen and oxygen atoms in total. The van der Waals surface area contributed by atoms with E-state index in [2.05, 4.69) is 25.3 Å². The van der Waals surface area contributed by atoms with Gasteiger partial charge in [0, 0.05) is 24.0 Å². The van der Waals surface area contributed by atoms with Crippen LogP contribution in [0.1, 0.15) is 32.6 Å². The van der Waals surface area contributed by atoms with Crippen molar-refractivity contribution in [1.82, 2.24) is 20.0 Å². The highest BCUT2D eigenvalue weighted by molar-refractivity contribution is 7.89. The number of hydrogen-bond acceptors (Lipinski definition) is 8. The van der Waals surface area contributed by atoms with Crippen LogP contribution in [0.25, 0.3) is 10.9 Å². The van der Waals surface area contributed by atoms with E-state index >= 15 is 0 Å². The molecule has 1 heterocycles. The number of nitrogens with zero attached hydrogens (tertiary/aromatic N) is 2. The van der Waals surface area contributed by atoms with Gasteiger partial charge in [0.25, 0.3) is 5.91 Å². The van der Waals surface area contributed by atoms with Gasteiger partial charge in [-0.3, -0.25) is 9.59 Å². The molecule has 0 aliphatic heterocycles. The molecular weight excluding hydrogens is 532 g/mol. The van der Waals surface area contributed by atoms with Crippen LogP contribution < -0.4 is 21.1 Å². The van der Waals surface area contributed by atoms with Crippen molar-refractivity contribution in [1.29, 1.82) is 0 Å². The molecule has 0 saturated heterocycles. The Bertz CT molecular complexity index is 1670. The molecule has 6 N–H and O–H groups in total. The summed E-state index contributed by atoms with van der Waals surface area (Å²) in [5, 5.41) is 16.0. The summed E-state index contributed by atoms with van der Waals surface area (Å²) in [6.45, 7) is 5.07. The number of sulfonamides is 1. The molecule has 1 unspecified atom stereocenters. The molecule has 0 radical (unpaired) electrons. The van der Waals surface area contributed by atoms with E-state index in [-0.39, 0.29) is 10.5 Å². The number of hydrogen-bond donors (Lipinski definition) is 5. The number of nitrogens with two attached hydrogens (primary N) is 1. The second-order valence-electron chi connectivity index (χ2n) is 9.45. The average molecular weight is 563 g/mol. The number of amides is 1. The van der Waals surface area contributed by atoms with Crippen molar-refractivity contribution in [2.24, 2.45) is 0 Å². The molecule has 3 aromatic carbocycles. The van der Waals surface area contributed by atoms with Gasteiger partial charge < -0.3 is 21.5 Å². The summed E-state index contributed by atoms with van der Waals surface area (Å²) in [5.74, 6) is -1.22. The number of aliphatic carboxylic acids is 1. The maximum absolute atomic E-state index is 13.0. The SMILES string of the molecule is Cc1cc(C)c(S(=O)(=O)NC(CNC(=O)c2ccc(CNc3nc(N)c4ccccc4n3)cc2)C(=O)O)c(C)c1. The third-order valence-electron chi connectivity index (χ3n) is 6.24. The number of nitrogen functional groups attached to an aromatic ring is 1. The van der Waals surface area contributed by atoms with Crippen LogP contribution in [-0.4, -0.2) is 48.0 Å². The van der Waals surface area contributed by atoms with Crippen molar-refractivity contribution in [2.45, 2.75) is 38.3 Å². The number of anilines is 2. The van der Waals surface area contributed by atoms with E-state index in [0.717, 1.165) is 22.0 Å². The minimum atomic E-state index is -4.15. The average Bonchev–Trinajstić information content (AvgIpc) is 2.89. The van der Waals surface area contributed by atoms with Gasteiger partial charge in [0.05, 0.1) is 10.4 Å². The number of carboxylic acid groups (broad SMARTS) is 1. The number of benzene rings is 3. The monoisotopic (exact) mass is 562 g/mol. The number of nitrogens with one attached hydrogen (secondary N) is 3. The highest BCUT2D eigenvalue weighted by atomic mass is 32.2. The number of carbonyl (C=O) groups is 2. The minimum Gasteiger partial charge on any atom is -0.480 e. The first-order chi connectivity index (χ1) is 18.9. The Hall–Kier alpha value is -4.55. The molecule has 0 aliphatic rings. The van der Waals surface area contributed by atoms with E-state index in [4.69, 9.17) is 5.73 Å². The largest absolute Gasteiger partial charge is 0.480 e. The van der Waals surface area contributed by atoms with Gasteiger partial charge in [-0.15, -0.1) is 0 Å². The lowest BCUT2D eigenvalue weighted by atomic mass is 10.1. The smallest absolute Gasteiger partial charge is 0.323 e. The second kappa shape index (κ2) is 11.7. The minimum absolute atomic E-state index is 0.0247. The summed E-state index contributed by atoms with van der Waals surface area (Å²) in [7, 11) is -4.15. The number of aromatic nitrogens is 2. The van der Waals surface area contributed by atoms with Gasteiger partial charge in [-0.1, -0.05) is 42.0 Å².